The standard InChI is InChI=1S/C17H17FN4O/c18-14-7-10-1-4-15(23)22(12-2-3-12)16(10)13(8-19)17(14)21-6-5-11(20)9-21/h1,4,7,11-12H,2-3,5-6,9,20H2/t11-/m0/s1. The van der Waals surface area contributed by atoms with Crippen molar-refractivity contribution in [3.63, 3.8) is 0 Å². The van der Waals surface area contributed by atoms with Gasteiger partial charge in [-0.05, 0) is 31.4 Å². The number of benzene rings is 1. The maximum atomic E-state index is 14.7. The number of hydrogen-bond donors (Lipinski definition) is 1. The lowest BCUT2D eigenvalue weighted by Gasteiger charge is -2.22. The highest BCUT2D eigenvalue weighted by Crippen LogP contribution is 2.39. The van der Waals surface area contributed by atoms with E-state index in [-0.39, 0.29) is 28.9 Å². The molecule has 0 radical (unpaired) electrons. The van der Waals surface area contributed by atoms with Gasteiger partial charge in [0.1, 0.15) is 17.4 Å². The highest BCUT2D eigenvalue weighted by molar-refractivity contribution is 5.91. The van der Waals surface area contributed by atoms with E-state index in [0.29, 0.717) is 24.0 Å². The number of aromatic nitrogens is 1. The minimum atomic E-state index is -0.427. The van der Waals surface area contributed by atoms with E-state index in [2.05, 4.69) is 6.07 Å². The normalized spacial score (nSPS) is 20.9. The van der Waals surface area contributed by atoms with Crippen LogP contribution < -0.4 is 16.2 Å². The third kappa shape index (κ3) is 2.20. The molecule has 0 unspecified atom stereocenters. The molecule has 1 aliphatic heterocycles. The molecule has 2 N–H and O–H groups in total. The lowest BCUT2D eigenvalue weighted by atomic mass is 10.1. The molecule has 23 heavy (non-hydrogen) atoms. The van der Waals surface area contributed by atoms with Crippen LogP contribution in [0.2, 0.25) is 0 Å². The van der Waals surface area contributed by atoms with Crippen LogP contribution in [0.1, 0.15) is 30.9 Å². The average Bonchev–Trinajstić information content (AvgIpc) is 3.27. The van der Waals surface area contributed by atoms with E-state index in [1.165, 1.54) is 12.1 Å². The minimum Gasteiger partial charge on any atom is -0.366 e. The summed E-state index contributed by atoms with van der Waals surface area (Å²) in [5, 5.41) is 10.3. The minimum absolute atomic E-state index is 0.0157. The number of rotatable bonds is 2. The summed E-state index contributed by atoms with van der Waals surface area (Å²) in [6, 6.07) is 6.72. The van der Waals surface area contributed by atoms with Crippen molar-refractivity contribution in [1.82, 2.24) is 4.57 Å². The molecule has 1 aromatic carbocycles. The average molecular weight is 312 g/mol. The van der Waals surface area contributed by atoms with E-state index in [4.69, 9.17) is 5.73 Å². The third-order valence-corrected chi connectivity index (χ3v) is 4.70. The second-order valence-electron chi connectivity index (χ2n) is 6.40. The van der Waals surface area contributed by atoms with Gasteiger partial charge in [-0.3, -0.25) is 4.79 Å². The molecule has 1 aromatic heterocycles. The number of anilines is 1. The van der Waals surface area contributed by atoms with Crippen LogP contribution in [0.5, 0.6) is 0 Å². The number of nitriles is 1. The Hall–Kier alpha value is -2.39. The first kappa shape index (κ1) is 14.2. The monoisotopic (exact) mass is 312 g/mol. The number of hydrogen-bond acceptors (Lipinski definition) is 4. The van der Waals surface area contributed by atoms with Crippen LogP contribution in [0.3, 0.4) is 0 Å². The maximum Gasteiger partial charge on any atom is 0.251 e. The molecule has 0 amide bonds. The molecule has 1 atom stereocenters. The molecule has 118 valence electrons. The highest BCUT2D eigenvalue weighted by Gasteiger charge is 2.30. The smallest absolute Gasteiger partial charge is 0.251 e. The number of halogens is 1. The summed E-state index contributed by atoms with van der Waals surface area (Å²) >= 11 is 0. The van der Waals surface area contributed by atoms with Gasteiger partial charge in [-0.1, -0.05) is 0 Å². The van der Waals surface area contributed by atoms with Crippen LogP contribution >= 0.6 is 0 Å². The summed E-state index contributed by atoms with van der Waals surface area (Å²) in [5.41, 5.74) is 6.88. The fourth-order valence-corrected chi connectivity index (χ4v) is 3.49. The molecule has 0 spiro atoms. The molecule has 1 aliphatic carbocycles. The summed E-state index contributed by atoms with van der Waals surface area (Å²) < 4.78 is 16.3. The van der Waals surface area contributed by atoms with Crippen molar-refractivity contribution in [2.24, 2.45) is 5.73 Å². The Balaban J connectivity index is 2.04. The molecule has 0 bridgehead atoms. The predicted molar refractivity (Wildman–Crippen MR) is 86.0 cm³/mol. The van der Waals surface area contributed by atoms with Crippen molar-refractivity contribution in [3.05, 3.63) is 39.9 Å². The molecule has 4 rings (SSSR count). The number of nitrogens with two attached hydrogens (primary N) is 1. The second kappa shape index (κ2) is 5.07. The van der Waals surface area contributed by atoms with E-state index in [1.54, 1.807) is 10.6 Å². The van der Waals surface area contributed by atoms with Crippen LogP contribution in [-0.4, -0.2) is 23.7 Å². The van der Waals surface area contributed by atoms with E-state index >= 15 is 0 Å². The predicted octanol–water partition coefficient (Wildman–Crippen LogP) is 1.88. The Bertz CT molecular complexity index is 894. The maximum absolute atomic E-state index is 14.7. The number of nitrogens with zero attached hydrogens (tertiary/aromatic N) is 3. The largest absolute Gasteiger partial charge is 0.366 e. The molecule has 2 aliphatic rings. The summed E-state index contributed by atoms with van der Waals surface area (Å²) in [5.74, 6) is -0.427. The number of pyridine rings is 1. The Morgan fingerprint density at radius 2 is 2.09 bits per heavy atom. The fraction of sp³-hybridized carbons (Fsp3) is 0.412. The first-order valence-electron chi connectivity index (χ1n) is 7.88. The van der Waals surface area contributed by atoms with Gasteiger partial charge in [0.15, 0.2) is 0 Å². The van der Waals surface area contributed by atoms with Gasteiger partial charge in [-0.15, -0.1) is 0 Å². The molecule has 2 aromatic rings. The van der Waals surface area contributed by atoms with Crippen molar-refractivity contribution in [2.75, 3.05) is 18.0 Å². The third-order valence-electron chi connectivity index (χ3n) is 4.70. The zero-order valence-electron chi connectivity index (χ0n) is 12.6. The van der Waals surface area contributed by atoms with Crippen molar-refractivity contribution < 1.29 is 4.39 Å². The SMILES string of the molecule is N#Cc1c(N2CC[C@H](N)C2)c(F)cc2ccc(=O)n(C3CC3)c12. The van der Waals surface area contributed by atoms with Crippen LogP contribution in [0.4, 0.5) is 10.1 Å². The van der Waals surface area contributed by atoms with Gasteiger partial charge in [0.05, 0.1) is 11.2 Å². The summed E-state index contributed by atoms with van der Waals surface area (Å²) in [6.45, 7) is 1.15. The molecular formula is C17H17FN4O. The number of fused-ring (bicyclic) bond motifs is 1. The van der Waals surface area contributed by atoms with Gasteiger partial charge in [0, 0.05) is 36.6 Å². The molecule has 6 heteroatoms. The van der Waals surface area contributed by atoms with Crippen molar-refractivity contribution in [1.29, 1.82) is 5.26 Å². The topological polar surface area (TPSA) is 75.1 Å². The first-order chi connectivity index (χ1) is 11.1. The lowest BCUT2D eigenvalue weighted by molar-refractivity contribution is 0.623. The van der Waals surface area contributed by atoms with Gasteiger partial charge < -0.3 is 15.2 Å². The van der Waals surface area contributed by atoms with Crippen LogP contribution in [0.15, 0.2) is 23.0 Å². The molecule has 1 saturated heterocycles. The second-order valence-corrected chi connectivity index (χ2v) is 6.40. The van der Waals surface area contributed by atoms with E-state index in [1.807, 2.05) is 4.90 Å². The Morgan fingerprint density at radius 1 is 1.30 bits per heavy atom. The zero-order chi connectivity index (χ0) is 16.1. The van der Waals surface area contributed by atoms with Crippen molar-refractivity contribution in [2.45, 2.75) is 31.3 Å². The highest BCUT2D eigenvalue weighted by atomic mass is 19.1. The summed E-state index contributed by atoms with van der Waals surface area (Å²) in [6.07, 6.45) is 2.61. The lowest BCUT2D eigenvalue weighted by Crippen LogP contribution is -2.28. The van der Waals surface area contributed by atoms with Crippen LogP contribution in [-0.2, 0) is 0 Å². The summed E-state index contributed by atoms with van der Waals surface area (Å²) in [7, 11) is 0. The van der Waals surface area contributed by atoms with Gasteiger partial charge in [0.25, 0.3) is 5.56 Å². The van der Waals surface area contributed by atoms with Gasteiger partial charge in [-0.2, -0.15) is 5.26 Å². The van der Waals surface area contributed by atoms with E-state index in [9.17, 15) is 14.4 Å². The molecule has 2 heterocycles. The Kier molecular flexibility index (Phi) is 3.13. The first-order valence-corrected chi connectivity index (χ1v) is 7.88. The van der Waals surface area contributed by atoms with Gasteiger partial charge >= 0.3 is 0 Å². The Morgan fingerprint density at radius 3 is 2.70 bits per heavy atom. The Labute approximate surface area is 132 Å². The zero-order valence-corrected chi connectivity index (χ0v) is 12.6. The van der Waals surface area contributed by atoms with E-state index in [0.717, 1.165) is 19.3 Å². The van der Waals surface area contributed by atoms with Crippen molar-refractivity contribution >= 4 is 16.6 Å². The van der Waals surface area contributed by atoms with Crippen LogP contribution in [0.25, 0.3) is 10.9 Å². The van der Waals surface area contributed by atoms with Crippen LogP contribution in [0, 0.1) is 17.1 Å². The van der Waals surface area contributed by atoms with Gasteiger partial charge in [0.2, 0.25) is 0 Å². The van der Waals surface area contributed by atoms with E-state index < -0.39 is 5.82 Å². The molecule has 1 saturated carbocycles. The fourth-order valence-electron chi connectivity index (χ4n) is 3.49. The molecular weight excluding hydrogens is 295 g/mol. The van der Waals surface area contributed by atoms with Crippen molar-refractivity contribution in [3.8, 4) is 6.07 Å². The quantitative estimate of drug-likeness (QED) is 0.919. The molecule has 2 fully saturated rings. The van der Waals surface area contributed by atoms with Gasteiger partial charge in [-0.25, -0.2) is 4.39 Å². The molecule has 5 nitrogen and oxygen atoms in total. The summed E-state index contributed by atoms with van der Waals surface area (Å²) in [4.78, 5) is 14.1.